The molecule has 2 heterocycles. The molecule has 0 fully saturated rings. The number of anilines is 1. The Balaban J connectivity index is 2.17. The largest absolute Gasteiger partial charge is 0.344 e. The van der Waals surface area contributed by atoms with E-state index in [-0.39, 0.29) is 10.4 Å². The monoisotopic (exact) mass is 327 g/mol. The minimum Gasteiger partial charge on any atom is -0.344 e. The zero-order valence-electron chi connectivity index (χ0n) is 10.6. The molecule has 4 nitrogen and oxygen atoms in total. The van der Waals surface area contributed by atoms with Gasteiger partial charge in [0.2, 0.25) is 5.91 Å². The first-order valence-corrected chi connectivity index (χ1v) is 7.03. The minimum atomic E-state index is -0.421. The molecule has 2 aromatic heterocycles. The number of carbonyl (C=O) groups excluding carboxylic acids is 1. The maximum atomic E-state index is 14.0. The second-order valence-corrected chi connectivity index (χ2v) is 5.21. The molecule has 0 aliphatic carbocycles. The van der Waals surface area contributed by atoms with Crippen LogP contribution in [0.5, 0.6) is 0 Å². The van der Waals surface area contributed by atoms with Gasteiger partial charge in [0, 0.05) is 18.8 Å². The summed E-state index contributed by atoms with van der Waals surface area (Å²) in [6.07, 6.45) is 6.32. The maximum Gasteiger partial charge on any atom is 0.224 e. The van der Waals surface area contributed by atoms with Gasteiger partial charge in [-0.05, 0) is 22.4 Å². The van der Waals surface area contributed by atoms with Gasteiger partial charge >= 0.3 is 0 Å². The Morgan fingerprint density at radius 1 is 1.53 bits per heavy atom. The highest BCUT2D eigenvalue weighted by molar-refractivity contribution is 9.10. The number of hydrogen-bond donors (Lipinski definition) is 2. The molecule has 0 bridgehead atoms. The van der Waals surface area contributed by atoms with E-state index in [2.05, 4.69) is 38.1 Å². The Labute approximate surface area is 118 Å². The van der Waals surface area contributed by atoms with Crippen LogP contribution < -0.4 is 5.32 Å². The van der Waals surface area contributed by atoms with Crippen molar-refractivity contribution >= 4 is 38.6 Å². The fourth-order valence-corrected chi connectivity index (χ4v) is 2.18. The van der Waals surface area contributed by atoms with Gasteiger partial charge in [-0.2, -0.15) is 0 Å². The lowest BCUT2D eigenvalue weighted by Crippen LogP contribution is -2.10. The number of H-pyrrole nitrogens is 1. The van der Waals surface area contributed by atoms with E-state index in [1.165, 1.54) is 6.20 Å². The van der Waals surface area contributed by atoms with E-state index in [4.69, 9.17) is 0 Å². The molecule has 0 radical (unpaired) electrons. The van der Waals surface area contributed by atoms with Crippen LogP contribution in [0.1, 0.15) is 32.6 Å². The zero-order chi connectivity index (χ0) is 13.8. The molecular formula is C13H15BrFN3O. The smallest absolute Gasteiger partial charge is 0.224 e. The normalized spacial score (nSPS) is 10.9. The molecule has 102 valence electrons. The molecule has 0 saturated carbocycles. The number of hydrogen-bond acceptors (Lipinski definition) is 2. The Morgan fingerprint density at radius 2 is 2.32 bits per heavy atom. The minimum absolute atomic E-state index is 0.103. The predicted molar refractivity (Wildman–Crippen MR) is 76.5 cm³/mol. The predicted octanol–water partition coefficient (Wildman–Crippen LogP) is 3.98. The standard InChI is InChI=1S/C13H15BrFN3O/c1-2-3-4-5-10(19)18-9-7-17-13-11(9)12(15)8(14)6-16-13/h6-7H,2-5H2,1H3,(H,16,17)(H,18,19). The molecule has 19 heavy (non-hydrogen) atoms. The lowest BCUT2D eigenvalue weighted by molar-refractivity contribution is -0.116. The summed E-state index contributed by atoms with van der Waals surface area (Å²) in [4.78, 5) is 18.6. The van der Waals surface area contributed by atoms with Gasteiger partial charge in [-0.3, -0.25) is 4.79 Å². The molecule has 1 amide bonds. The van der Waals surface area contributed by atoms with Crippen LogP contribution in [0, 0.1) is 5.82 Å². The average Bonchev–Trinajstić information content (AvgIpc) is 2.78. The van der Waals surface area contributed by atoms with Gasteiger partial charge in [0.15, 0.2) is 5.82 Å². The van der Waals surface area contributed by atoms with Gasteiger partial charge in [0.1, 0.15) is 5.65 Å². The number of fused-ring (bicyclic) bond motifs is 1. The van der Waals surface area contributed by atoms with Crippen LogP contribution in [0.2, 0.25) is 0 Å². The second kappa shape index (κ2) is 6.14. The van der Waals surface area contributed by atoms with E-state index in [1.807, 2.05) is 0 Å². The molecule has 0 atom stereocenters. The van der Waals surface area contributed by atoms with E-state index in [0.717, 1.165) is 19.3 Å². The topological polar surface area (TPSA) is 57.8 Å². The van der Waals surface area contributed by atoms with Crippen molar-refractivity contribution in [1.82, 2.24) is 9.97 Å². The van der Waals surface area contributed by atoms with Crippen LogP contribution in [-0.2, 0) is 4.79 Å². The van der Waals surface area contributed by atoms with E-state index in [9.17, 15) is 9.18 Å². The third-order valence-corrected chi connectivity index (χ3v) is 3.43. The van der Waals surface area contributed by atoms with Gasteiger partial charge in [-0.1, -0.05) is 19.8 Å². The van der Waals surface area contributed by atoms with E-state index in [1.54, 1.807) is 6.20 Å². The molecule has 2 rings (SSSR count). The molecule has 6 heteroatoms. The Kier molecular flexibility index (Phi) is 4.52. The van der Waals surface area contributed by atoms with Gasteiger partial charge in [0.05, 0.1) is 15.5 Å². The Bertz CT molecular complexity index is 597. The van der Waals surface area contributed by atoms with Crippen LogP contribution in [0.15, 0.2) is 16.9 Å². The third-order valence-electron chi connectivity index (χ3n) is 2.88. The number of halogens is 2. The Morgan fingerprint density at radius 3 is 3.05 bits per heavy atom. The molecule has 2 aromatic rings. The summed E-state index contributed by atoms with van der Waals surface area (Å²) in [6, 6.07) is 0. The first kappa shape index (κ1) is 14.0. The van der Waals surface area contributed by atoms with Crippen molar-refractivity contribution in [1.29, 1.82) is 0 Å². The van der Waals surface area contributed by atoms with Crippen molar-refractivity contribution in [3.05, 3.63) is 22.7 Å². The van der Waals surface area contributed by atoms with Crippen LogP contribution >= 0.6 is 15.9 Å². The van der Waals surface area contributed by atoms with Gasteiger partial charge < -0.3 is 10.3 Å². The number of aromatic amines is 1. The lowest BCUT2D eigenvalue weighted by atomic mass is 10.2. The fraction of sp³-hybridized carbons (Fsp3) is 0.385. The highest BCUT2D eigenvalue weighted by Gasteiger charge is 2.14. The first-order chi connectivity index (χ1) is 9.13. The van der Waals surface area contributed by atoms with Crippen molar-refractivity contribution in [2.24, 2.45) is 0 Å². The molecule has 0 aromatic carbocycles. The molecule has 2 N–H and O–H groups in total. The van der Waals surface area contributed by atoms with Crippen molar-refractivity contribution < 1.29 is 9.18 Å². The number of amides is 1. The molecule has 0 saturated heterocycles. The number of pyridine rings is 1. The maximum absolute atomic E-state index is 14.0. The summed E-state index contributed by atoms with van der Waals surface area (Å²) >= 11 is 3.09. The second-order valence-electron chi connectivity index (χ2n) is 4.35. The number of aromatic nitrogens is 2. The van der Waals surface area contributed by atoms with Gasteiger partial charge in [-0.15, -0.1) is 0 Å². The number of carbonyl (C=O) groups is 1. The zero-order valence-corrected chi connectivity index (χ0v) is 12.2. The van der Waals surface area contributed by atoms with Crippen LogP contribution in [0.25, 0.3) is 11.0 Å². The number of nitrogens with zero attached hydrogens (tertiary/aromatic N) is 1. The first-order valence-electron chi connectivity index (χ1n) is 6.24. The van der Waals surface area contributed by atoms with Crippen molar-refractivity contribution in [2.45, 2.75) is 32.6 Å². The summed E-state index contributed by atoms with van der Waals surface area (Å²) < 4.78 is 14.3. The van der Waals surface area contributed by atoms with Crippen molar-refractivity contribution in [3.63, 3.8) is 0 Å². The lowest BCUT2D eigenvalue weighted by Gasteiger charge is -2.04. The number of rotatable bonds is 5. The molecule has 0 unspecified atom stereocenters. The third kappa shape index (κ3) is 3.12. The number of unbranched alkanes of at least 4 members (excludes halogenated alkanes) is 2. The summed E-state index contributed by atoms with van der Waals surface area (Å²) in [5.74, 6) is -0.524. The highest BCUT2D eigenvalue weighted by Crippen LogP contribution is 2.29. The van der Waals surface area contributed by atoms with Crippen LogP contribution in [0.3, 0.4) is 0 Å². The summed E-state index contributed by atoms with van der Waals surface area (Å²) in [7, 11) is 0. The van der Waals surface area contributed by atoms with E-state index in [0.29, 0.717) is 23.1 Å². The number of nitrogens with one attached hydrogen (secondary N) is 2. The summed E-state index contributed by atoms with van der Waals surface area (Å²) in [5.41, 5.74) is 0.854. The van der Waals surface area contributed by atoms with Gasteiger partial charge in [-0.25, -0.2) is 9.37 Å². The van der Waals surface area contributed by atoms with Crippen molar-refractivity contribution in [3.8, 4) is 0 Å². The Hall–Kier alpha value is -1.43. The van der Waals surface area contributed by atoms with Crippen LogP contribution in [-0.4, -0.2) is 15.9 Å². The summed E-state index contributed by atoms with van der Waals surface area (Å²) in [6.45, 7) is 2.08. The molecule has 0 spiro atoms. The van der Waals surface area contributed by atoms with Gasteiger partial charge in [0.25, 0.3) is 0 Å². The van der Waals surface area contributed by atoms with Crippen molar-refractivity contribution in [2.75, 3.05) is 5.32 Å². The molecule has 0 aliphatic rings. The molecule has 0 aliphatic heterocycles. The fourth-order valence-electron chi connectivity index (χ4n) is 1.88. The highest BCUT2D eigenvalue weighted by atomic mass is 79.9. The SMILES string of the molecule is CCCCCC(=O)Nc1c[nH]c2ncc(Br)c(F)c12. The molecular weight excluding hydrogens is 313 g/mol. The van der Waals surface area contributed by atoms with E-state index >= 15 is 0 Å². The quantitative estimate of drug-likeness (QED) is 0.816. The average molecular weight is 328 g/mol. The summed E-state index contributed by atoms with van der Waals surface area (Å²) in [5, 5.41) is 3.02. The van der Waals surface area contributed by atoms with E-state index < -0.39 is 5.82 Å². The van der Waals surface area contributed by atoms with Crippen LogP contribution in [0.4, 0.5) is 10.1 Å².